The fraction of sp³-hybridized carbons (Fsp3) is 0.176. The van der Waals surface area contributed by atoms with Crippen molar-refractivity contribution in [2.75, 3.05) is 0 Å². The minimum absolute atomic E-state index is 0.0594. The Labute approximate surface area is 123 Å². The molecule has 0 spiro atoms. The molecule has 0 bridgehead atoms. The molecule has 0 saturated heterocycles. The van der Waals surface area contributed by atoms with Crippen LogP contribution in [0.1, 0.15) is 27.3 Å². The van der Waals surface area contributed by atoms with Crippen molar-refractivity contribution in [2.24, 2.45) is 0 Å². The normalized spacial score (nSPS) is 10.8. The highest BCUT2D eigenvalue weighted by atomic mass is 16.1. The molecule has 3 aromatic rings. The standard InChI is InChI=1S/C17H17N3O/c1-11-3-6-14(7-4-11)17(21)18-10-13-5-8-15-16(9-13)20-12(2)19-15/h3-9H,10H2,1-2H3,(H,18,21)(H,19,20). The van der Waals surface area contributed by atoms with Gasteiger partial charge in [0.1, 0.15) is 5.82 Å². The average Bonchev–Trinajstić information content (AvgIpc) is 2.84. The maximum absolute atomic E-state index is 12.1. The van der Waals surface area contributed by atoms with E-state index in [1.165, 1.54) is 0 Å². The van der Waals surface area contributed by atoms with Gasteiger partial charge in [0.05, 0.1) is 11.0 Å². The number of amides is 1. The molecule has 0 unspecified atom stereocenters. The number of hydrogen-bond acceptors (Lipinski definition) is 2. The second-order valence-corrected chi connectivity index (χ2v) is 5.22. The summed E-state index contributed by atoms with van der Waals surface area (Å²) < 4.78 is 0. The van der Waals surface area contributed by atoms with Crippen molar-refractivity contribution in [3.63, 3.8) is 0 Å². The Bertz CT molecular complexity index is 787. The van der Waals surface area contributed by atoms with E-state index >= 15 is 0 Å². The van der Waals surface area contributed by atoms with Gasteiger partial charge in [0.2, 0.25) is 0 Å². The van der Waals surface area contributed by atoms with Crippen molar-refractivity contribution in [1.82, 2.24) is 15.3 Å². The van der Waals surface area contributed by atoms with Gasteiger partial charge in [-0.2, -0.15) is 0 Å². The van der Waals surface area contributed by atoms with Gasteiger partial charge >= 0.3 is 0 Å². The fourth-order valence-electron chi connectivity index (χ4n) is 2.28. The number of H-pyrrole nitrogens is 1. The fourth-order valence-corrected chi connectivity index (χ4v) is 2.28. The molecule has 0 radical (unpaired) electrons. The molecule has 21 heavy (non-hydrogen) atoms. The Morgan fingerprint density at radius 3 is 2.67 bits per heavy atom. The van der Waals surface area contributed by atoms with E-state index in [0.29, 0.717) is 12.1 Å². The number of benzene rings is 2. The summed E-state index contributed by atoms with van der Waals surface area (Å²) >= 11 is 0. The number of nitrogens with zero attached hydrogens (tertiary/aromatic N) is 1. The summed E-state index contributed by atoms with van der Waals surface area (Å²) in [5.74, 6) is 0.835. The molecular formula is C17H17N3O. The number of aromatic nitrogens is 2. The van der Waals surface area contributed by atoms with Crippen LogP contribution in [-0.4, -0.2) is 15.9 Å². The number of aryl methyl sites for hydroxylation is 2. The van der Waals surface area contributed by atoms with Crippen LogP contribution in [0.3, 0.4) is 0 Å². The molecule has 0 aliphatic carbocycles. The molecule has 1 heterocycles. The Hall–Kier alpha value is -2.62. The zero-order valence-electron chi connectivity index (χ0n) is 12.1. The lowest BCUT2D eigenvalue weighted by atomic mass is 10.1. The van der Waals surface area contributed by atoms with Crippen molar-refractivity contribution >= 4 is 16.9 Å². The Morgan fingerprint density at radius 2 is 1.90 bits per heavy atom. The number of imidazole rings is 1. The average molecular weight is 279 g/mol. The minimum atomic E-state index is -0.0594. The molecule has 0 aliphatic rings. The molecule has 0 atom stereocenters. The summed E-state index contributed by atoms with van der Waals surface area (Å²) in [4.78, 5) is 19.6. The van der Waals surface area contributed by atoms with Crippen LogP contribution < -0.4 is 5.32 Å². The molecule has 4 heteroatoms. The molecule has 106 valence electrons. The van der Waals surface area contributed by atoms with Gasteiger partial charge in [-0.25, -0.2) is 4.98 Å². The molecule has 1 aromatic heterocycles. The van der Waals surface area contributed by atoms with E-state index in [1.807, 2.05) is 56.3 Å². The lowest BCUT2D eigenvalue weighted by Gasteiger charge is -2.06. The SMILES string of the molecule is Cc1ccc(C(=O)NCc2ccc3nc(C)[nH]c3c2)cc1. The maximum atomic E-state index is 12.1. The quantitative estimate of drug-likeness (QED) is 0.774. The van der Waals surface area contributed by atoms with Crippen LogP contribution in [0.4, 0.5) is 0 Å². The van der Waals surface area contributed by atoms with E-state index in [-0.39, 0.29) is 5.91 Å². The largest absolute Gasteiger partial charge is 0.348 e. The third-order valence-corrected chi connectivity index (χ3v) is 3.43. The number of fused-ring (bicyclic) bond motifs is 1. The first-order valence-electron chi connectivity index (χ1n) is 6.92. The van der Waals surface area contributed by atoms with Crippen molar-refractivity contribution in [3.05, 3.63) is 65.0 Å². The van der Waals surface area contributed by atoms with Crippen molar-refractivity contribution in [3.8, 4) is 0 Å². The van der Waals surface area contributed by atoms with E-state index in [1.54, 1.807) is 0 Å². The van der Waals surface area contributed by atoms with Crippen LogP contribution >= 0.6 is 0 Å². The monoisotopic (exact) mass is 279 g/mol. The highest BCUT2D eigenvalue weighted by molar-refractivity contribution is 5.94. The van der Waals surface area contributed by atoms with Gasteiger partial charge in [-0.15, -0.1) is 0 Å². The minimum Gasteiger partial charge on any atom is -0.348 e. The van der Waals surface area contributed by atoms with Crippen LogP contribution in [0.2, 0.25) is 0 Å². The highest BCUT2D eigenvalue weighted by Crippen LogP contribution is 2.13. The van der Waals surface area contributed by atoms with Gasteiger partial charge in [0.25, 0.3) is 5.91 Å². The van der Waals surface area contributed by atoms with Gasteiger partial charge in [-0.3, -0.25) is 4.79 Å². The molecule has 1 amide bonds. The van der Waals surface area contributed by atoms with Crippen molar-refractivity contribution in [2.45, 2.75) is 20.4 Å². The third kappa shape index (κ3) is 2.94. The van der Waals surface area contributed by atoms with Gasteiger partial charge in [0.15, 0.2) is 0 Å². The van der Waals surface area contributed by atoms with E-state index < -0.39 is 0 Å². The zero-order chi connectivity index (χ0) is 14.8. The second kappa shape index (κ2) is 5.40. The number of nitrogens with one attached hydrogen (secondary N) is 2. The first kappa shape index (κ1) is 13.4. The first-order chi connectivity index (χ1) is 10.1. The van der Waals surface area contributed by atoms with Crippen LogP contribution in [0.5, 0.6) is 0 Å². The zero-order valence-corrected chi connectivity index (χ0v) is 12.1. The molecule has 2 aromatic carbocycles. The summed E-state index contributed by atoms with van der Waals surface area (Å²) in [5, 5.41) is 2.93. The number of hydrogen-bond donors (Lipinski definition) is 2. The molecule has 2 N–H and O–H groups in total. The molecule has 0 fully saturated rings. The highest BCUT2D eigenvalue weighted by Gasteiger charge is 2.06. The summed E-state index contributed by atoms with van der Waals surface area (Å²) in [6.07, 6.45) is 0. The van der Waals surface area contributed by atoms with Crippen LogP contribution in [0.25, 0.3) is 11.0 Å². The van der Waals surface area contributed by atoms with Gasteiger partial charge in [0, 0.05) is 12.1 Å². The number of carbonyl (C=O) groups is 1. The maximum Gasteiger partial charge on any atom is 0.251 e. The lowest BCUT2D eigenvalue weighted by molar-refractivity contribution is 0.0951. The topological polar surface area (TPSA) is 57.8 Å². The third-order valence-electron chi connectivity index (χ3n) is 3.43. The summed E-state index contributed by atoms with van der Waals surface area (Å²) in [6.45, 7) is 4.43. The summed E-state index contributed by atoms with van der Waals surface area (Å²) in [7, 11) is 0. The Kier molecular flexibility index (Phi) is 3.44. The predicted molar refractivity (Wildman–Crippen MR) is 83.2 cm³/mol. The molecule has 3 rings (SSSR count). The lowest BCUT2D eigenvalue weighted by Crippen LogP contribution is -2.22. The molecule has 0 saturated carbocycles. The number of rotatable bonds is 3. The van der Waals surface area contributed by atoms with E-state index in [0.717, 1.165) is 28.0 Å². The molecular weight excluding hydrogens is 262 g/mol. The Morgan fingerprint density at radius 1 is 1.14 bits per heavy atom. The van der Waals surface area contributed by atoms with Crippen molar-refractivity contribution < 1.29 is 4.79 Å². The predicted octanol–water partition coefficient (Wildman–Crippen LogP) is 3.11. The van der Waals surface area contributed by atoms with E-state index in [4.69, 9.17) is 0 Å². The molecule has 0 aliphatic heterocycles. The van der Waals surface area contributed by atoms with Crippen LogP contribution in [0, 0.1) is 13.8 Å². The van der Waals surface area contributed by atoms with E-state index in [9.17, 15) is 4.79 Å². The van der Waals surface area contributed by atoms with Gasteiger partial charge in [-0.05, 0) is 43.7 Å². The van der Waals surface area contributed by atoms with Crippen LogP contribution in [0.15, 0.2) is 42.5 Å². The number of aromatic amines is 1. The van der Waals surface area contributed by atoms with Gasteiger partial charge in [-0.1, -0.05) is 23.8 Å². The molecule has 4 nitrogen and oxygen atoms in total. The van der Waals surface area contributed by atoms with Crippen molar-refractivity contribution in [1.29, 1.82) is 0 Å². The Balaban J connectivity index is 1.70. The first-order valence-corrected chi connectivity index (χ1v) is 6.92. The number of carbonyl (C=O) groups excluding carboxylic acids is 1. The summed E-state index contributed by atoms with van der Waals surface area (Å²) in [6, 6.07) is 13.5. The second-order valence-electron chi connectivity index (χ2n) is 5.22. The van der Waals surface area contributed by atoms with E-state index in [2.05, 4.69) is 15.3 Å². The van der Waals surface area contributed by atoms with Crippen LogP contribution in [-0.2, 0) is 6.54 Å². The van der Waals surface area contributed by atoms with Gasteiger partial charge < -0.3 is 10.3 Å². The summed E-state index contributed by atoms with van der Waals surface area (Å²) in [5.41, 5.74) is 4.81. The smallest absolute Gasteiger partial charge is 0.251 e.